The fourth-order valence-corrected chi connectivity index (χ4v) is 4.97. The second kappa shape index (κ2) is 13.4. The van der Waals surface area contributed by atoms with E-state index in [9.17, 15) is 45.6 Å². The van der Waals surface area contributed by atoms with Crippen molar-refractivity contribution >= 4 is 6.29 Å². The molecule has 0 spiro atoms. The van der Waals surface area contributed by atoms with Crippen molar-refractivity contribution in [1.29, 1.82) is 0 Å². The van der Waals surface area contributed by atoms with Gasteiger partial charge in [0.1, 0.15) is 79.4 Å². The standard InChI is InChI=1S/C23H38O16/c1-2-9-14(26)20(32)23(37-9)39-21-8(25)4-33-12(18(21)30)5-35-11-6-36-22(19(31)16(11)28)38-13-7-34-10(3-24)15(27)17(13)29/h3,8-23,25-32H,2,4-7H2,1H3/t8-,9+,10+,11-,12+,13-,14?,15?,16?,17?,18?,19?,20?,21?,22+,23+/m1/s1. The van der Waals surface area contributed by atoms with Gasteiger partial charge in [-0.15, -0.1) is 0 Å². The van der Waals surface area contributed by atoms with Crippen LogP contribution in [-0.2, 0) is 38.0 Å². The number of aliphatic hydroxyl groups is 8. The van der Waals surface area contributed by atoms with Crippen LogP contribution in [0.4, 0.5) is 0 Å². The quantitative estimate of drug-likeness (QED) is 0.121. The number of hydrogen-bond acceptors (Lipinski definition) is 16. The molecule has 39 heavy (non-hydrogen) atoms. The zero-order valence-corrected chi connectivity index (χ0v) is 21.2. The normalized spacial score (nSPS) is 51.1. The highest BCUT2D eigenvalue weighted by Crippen LogP contribution is 2.29. The van der Waals surface area contributed by atoms with Crippen LogP contribution in [-0.4, -0.2) is 172 Å². The van der Waals surface area contributed by atoms with Crippen molar-refractivity contribution in [3.63, 3.8) is 0 Å². The molecule has 0 saturated carbocycles. The van der Waals surface area contributed by atoms with Crippen LogP contribution in [0.2, 0.25) is 0 Å². The van der Waals surface area contributed by atoms with Crippen LogP contribution in [0.15, 0.2) is 0 Å². The first-order chi connectivity index (χ1) is 18.6. The van der Waals surface area contributed by atoms with Crippen molar-refractivity contribution in [1.82, 2.24) is 0 Å². The average molecular weight is 571 g/mol. The number of hydrogen-bond donors (Lipinski definition) is 8. The Morgan fingerprint density at radius 3 is 2.03 bits per heavy atom. The van der Waals surface area contributed by atoms with E-state index in [1.807, 2.05) is 0 Å². The Bertz CT molecular complexity index is 789. The van der Waals surface area contributed by atoms with Crippen LogP contribution in [0.5, 0.6) is 0 Å². The summed E-state index contributed by atoms with van der Waals surface area (Å²) in [6.45, 7) is 0.668. The molecule has 4 fully saturated rings. The van der Waals surface area contributed by atoms with Crippen LogP contribution < -0.4 is 0 Å². The smallest absolute Gasteiger partial charge is 0.187 e. The van der Waals surface area contributed by atoms with Gasteiger partial charge in [-0.1, -0.05) is 6.92 Å². The van der Waals surface area contributed by atoms with E-state index in [1.165, 1.54) is 0 Å². The van der Waals surface area contributed by atoms with Gasteiger partial charge >= 0.3 is 0 Å². The Balaban J connectivity index is 1.27. The molecular weight excluding hydrogens is 532 g/mol. The summed E-state index contributed by atoms with van der Waals surface area (Å²) in [7, 11) is 0. The van der Waals surface area contributed by atoms with Crippen LogP contribution in [0.3, 0.4) is 0 Å². The average Bonchev–Trinajstić information content (AvgIpc) is 3.20. The molecule has 0 aromatic carbocycles. The Hall–Kier alpha value is -0.930. The van der Waals surface area contributed by atoms with Gasteiger partial charge in [-0.2, -0.15) is 0 Å². The second-order valence-corrected chi connectivity index (χ2v) is 10.1. The summed E-state index contributed by atoms with van der Waals surface area (Å²) in [5.74, 6) is 0. The molecule has 0 radical (unpaired) electrons. The van der Waals surface area contributed by atoms with Crippen molar-refractivity contribution in [2.45, 2.75) is 111 Å². The third-order valence-electron chi connectivity index (χ3n) is 7.46. The van der Waals surface area contributed by atoms with Gasteiger partial charge in [0, 0.05) is 0 Å². The SMILES string of the molecule is CC[C@@H]1O[C@@H](OC2C(O)[C@H](CO[C@@H]3CO[C@@H](O[C@@H]4CO[C@@H](C=O)C(O)C4O)C(O)C3O)OC[C@H]2O)C(O)C1O. The fraction of sp³-hybridized carbons (Fsp3) is 0.957. The largest absolute Gasteiger partial charge is 0.388 e. The van der Waals surface area contributed by atoms with Gasteiger partial charge in [0.15, 0.2) is 18.9 Å². The molecule has 4 heterocycles. The lowest BCUT2D eigenvalue weighted by Gasteiger charge is -2.42. The van der Waals surface area contributed by atoms with Crippen molar-refractivity contribution in [2.75, 3.05) is 26.4 Å². The highest BCUT2D eigenvalue weighted by atomic mass is 16.7. The van der Waals surface area contributed by atoms with E-state index in [1.54, 1.807) is 6.92 Å². The first-order valence-electron chi connectivity index (χ1n) is 12.9. The van der Waals surface area contributed by atoms with E-state index >= 15 is 0 Å². The summed E-state index contributed by atoms with van der Waals surface area (Å²) in [5.41, 5.74) is 0. The molecule has 226 valence electrons. The van der Waals surface area contributed by atoms with Gasteiger partial charge in [-0.3, -0.25) is 0 Å². The third-order valence-corrected chi connectivity index (χ3v) is 7.46. The van der Waals surface area contributed by atoms with Crippen molar-refractivity contribution in [3.05, 3.63) is 0 Å². The Morgan fingerprint density at radius 1 is 0.692 bits per heavy atom. The van der Waals surface area contributed by atoms with Gasteiger partial charge in [0.05, 0.1) is 32.5 Å². The number of ether oxygens (including phenoxy) is 7. The molecule has 0 bridgehead atoms. The lowest BCUT2D eigenvalue weighted by Crippen LogP contribution is -2.60. The molecule has 0 aromatic heterocycles. The number of carbonyl (C=O) groups is 1. The molecule has 0 amide bonds. The third kappa shape index (κ3) is 6.61. The Kier molecular flexibility index (Phi) is 10.6. The van der Waals surface area contributed by atoms with Crippen molar-refractivity contribution in [3.8, 4) is 0 Å². The molecule has 16 heteroatoms. The number of rotatable bonds is 9. The molecule has 4 aliphatic heterocycles. The maximum absolute atomic E-state index is 10.9. The highest BCUT2D eigenvalue weighted by Gasteiger charge is 2.49. The molecule has 0 aromatic rings. The van der Waals surface area contributed by atoms with Gasteiger partial charge in [-0.05, 0) is 6.42 Å². The second-order valence-electron chi connectivity index (χ2n) is 10.1. The predicted octanol–water partition coefficient (Wildman–Crippen LogP) is -5.48. The number of aliphatic hydroxyl groups excluding tert-OH is 8. The summed E-state index contributed by atoms with van der Waals surface area (Å²) in [5, 5.41) is 82.4. The topological polar surface area (TPSA) is 244 Å². The monoisotopic (exact) mass is 570 g/mol. The first-order valence-corrected chi connectivity index (χ1v) is 12.9. The number of carbonyl (C=O) groups excluding carboxylic acids is 1. The maximum atomic E-state index is 10.9. The van der Waals surface area contributed by atoms with E-state index in [2.05, 4.69) is 0 Å². The number of aldehydes is 1. The van der Waals surface area contributed by atoms with Crippen LogP contribution in [0, 0.1) is 0 Å². The summed E-state index contributed by atoms with van der Waals surface area (Å²) in [6, 6.07) is 0. The highest BCUT2D eigenvalue weighted by molar-refractivity contribution is 5.57. The summed E-state index contributed by atoms with van der Waals surface area (Å²) < 4.78 is 38.2. The Labute approximate surface area is 223 Å². The van der Waals surface area contributed by atoms with E-state index in [-0.39, 0.29) is 26.4 Å². The van der Waals surface area contributed by atoms with Crippen molar-refractivity contribution < 1.29 is 78.8 Å². The van der Waals surface area contributed by atoms with Crippen molar-refractivity contribution in [2.24, 2.45) is 0 Å². The molecule has 0 aliphatic carbocycles. The molecule has 4 rings (SSSR count). The Morgan fingerprint density at radius 2 is 1.36 bits per heavy atom. The van der Waals surface area contributed by atoms with Gasteiger partial charge in [-0.25, -0.2) is 0 Å². The van der Waals surface area contributed by atoms with Crippen LogP contribution >= 0.6 is 0 Å². The summed E-state index contributed by atoms with van der Waals surface area (Å²) >= 11 is 0. The minimum absolute atomic E-state index is 0.247. The first kappa shape index (κ1) is 31.0. The van der Waals surface area contributed by atoms with Gasteiger partial charge < -0.3 is 78.8 Å². The lowest BCUT2D eigenvalue weighted by molar-refractivity contribution is -0.315. The minimum atomic E-state index is -1.63. The molecule has 16 nitrogen and oxygen atoms in total. The molecule has 8 unspecified atom stereocenters. The summed E-state index contributed by atoms with van der Waals surface area (Å²) in [6.07, 6.45) is -19.8. The van der Waals surface area contributed by atoms with E-state index in [4.69, 9.17) is 33.2 Å². The van der Waals surface area contributed by atoms with E-state index in [0.29, 0.717) is 12.7 Å². The molecule has 4 aliphatic rings. The molecule has 4 saturated heterocycles. The van der Waals surface area contributed by atoms with Gasteiger partial charge in [0.2, 0.25) is 0 Å². The summed E-state index contributed by atoms with van der Waals surface area (Å²) in [4.78, 5) is 10.9. The molecule has 8 N–H and O–H groups in total. The van der Waals surface area contributed by atoms with Crippen LogP contribution in [0.25, 0.3) is 0 Å². The molecule has 16 atom stereocenters. The zero-order valence-electron chi connectivity index (χ0n) is 21.2. The minimum Gasteiger partial charge on any atom is -0.388 e. The van der Waals surface area contributed by atoms with E-state index in [0.717, 1.165) is 0 Å². The van der Waals surface area contributed by atoms with Crippen LogP contribution in [0.1, 0.15) is 13.3 Å². The predicted molar refractivity (Wildman–Crippen MR) is 122 cm³/mol. The zero-order chi connectivity index (χ0) is 28.4. The fourth-order valence-electron chi connectivity index (χ4n) is 4.97. The lowest BCUT2D eigenvalue weighted by atomic mass is 9.99. The van der Waals surface area contributed by atoms with E-state index < -0.39 is 98.0 Å². The van der Waals surface area contributed by atoms with Gasteiger partial charge in [0.25, 0.3) is 0 Å². The maximum Gasteiger partial charge on any atom is 0.187 e. The molecular formula is C23H38O16.